The molecule has 4 aliphatic rings. The van der Waals surface area contributed by atoms with Crippen molar-refractivity contribution in [1.82, 2.24) is 4.90 Å². The van der Waals surface area contributed by atoms with Crippen molar-refractivity contribution in [2.45, 2.75) is 11.8 Å². The molecule has 3 aliphatic carbocycles. The first kappa shape index (κ1) is 20.7. The number of amides is 2. The molecule has 170 valence electrons. The summed E-state index contributed by atoms with van der Waals surface area (Å²) >= 11 is 0. The van der Waals surface area contributed by atoms with Gasteiger partial charge in [0.25, 0.3) is 0 Å². The van der Waals surface area contributed by atoms with Crippen molar-refractivity contribution in [1.29, 1.82) is 0 Å². The fourth-order valence-electron chi connectivity index (χ4n) is 6.08. The molecule has 2 amide bonds. The summed E-state index contributed by atoms with van der Waals surface area (Å²) in [6.45, 7) is -0.0271. The average molecular weight is 453 g/mol. The van der Waals surface area contributed by atoms with Gasteiger partial charge in [-0.25, -0.2) is 4.79 Å². The Hall–Kier alpha value is -3.93. The van der Waals surface area contributed by atoms with Crippen LogP contribution in [0.5, 0.6) is 5.75 Å². The van der Waals surface area contributed by atoms with Gasteiger partial charge in [0.05, 0.1) is 25.5 Å². The second kappa shape index (κ2) is 7.83. The summed E-state index contributed by atoms with van der Waals surface area (Å²) in [6.07, 6.45) is 0. The summed E-state index contributed by atoms with van der Waals surface area (Å²) in [4.78, 5) is 40.9. The van der Waals surface area contributed by atoms with Crippen LogP contribution in [0.4, 0.5) is 0 Å². The highest BCUT2D eigenvalue weighted by Gasteiger charge is 2.61. The van der Waals surface area contributed by atoms with Gasteiger partial charge >= 0.3 is 5.97 Å². The van der Waals surface area contributed by atoms with Gasteiger partial charge in [-0.15, -0.1) is 0 Å². The molecule has 2 bridgehead atoms. The van der Waals surface area contributed by atoms with Crippen LogP contribution in [0.2, 0.25) is 0 Å². The number of likely N-dealkylation sites (tertiary alicyclic amines) is 1. The predicted molar refractivity (Wildman–Crippen MR) is 124 cm³/mol. The van der Waals surface area contributed by atoms with Gasteiger partial charge in [0, 0.05) is 11.8 Å². The summed E-state index contributed by atoms with van der Waals surface area (Å²) in [5.74, 6) is -1.61. The van der Waals surface area contributed by atoms with E-state index in [0.717, 1.165) is 22.3 Å². The van der Waals surface area contributed by atoms with Crippen LogP contribution in [0.15, 0.2) is 72.8 Å². The zero-order valence-corrected chi connectivity index (χ0v) is 18.6. The van der Waals surface area contributed by atoms with Crippen LogP contribution in [0, 0.1) is 11.8 Å². The molecule has 1 fully saturated rings. The largest absolute Gasteiger partial charge is 0.496 e. The van der Waals surface area contributed by atoms with Crippen molar-refractivity contribution >= 4 is 17.8 Å². The summed E-state index contributed by atoms with van der Waals surface area (Å²) < 4.78 is 10.6. The van der Waals surface area contributed by atoms with Gasteiger partial charge in [0.15, 0.2) is 0 Å². The van der Waals surface area contributed by atoms with Crippen LogP contribution in [0.25, 0.3) is 0 Å². The van der Waals surface area contributed by atoms with Crippen LogP contribution in [0.3, 0.4) is 0 Å². The molecule has 1 heterocycles. The fraction of sp³-hybridized carbons (Fsp3) is 0.250. The van der Waals surface area contributed by atoms with E-state index >= 15 is 0 Å². The third-order valence-electron chi connectivity index (χ3n) is 7.41. The molecule has 3 aromatic carbocycles. The first-order valence-corrected chi connectivity index (χ1v) is 11.4. The molecule has 1 aliphatic heterocycles. The zero-order valence-electron chi connectivity index (χ0n) is 18.6. The Morgan fingerprint density at radius 3 is 1.74 bits per heavy atom. The number of esters is 1. The zero-order chi connectivity index (χ0) is 23.4. The molecule has 0 N–H and O–H groups in total. The maximum absolute atomic E-state index is 13.6. The smallest absolute Gasteiger partial charge is 0.341 e. The monoisotopic (exact) mass is 453 g/mol. The topological polar surface area (TPSA) is 72.9 Å². The highest BCUT2D eigenvalue weighted by Crippen LogP contribution is 2.60. The minimum atomic E-state index is -0.547. The molecule has 3 aromatic rings. The van der Waals surface area contributed by atoms with Crippen molar-refractivity contribution in [3.8, 4) is 5.75 Å². The normalized spacial score (nSPS) is 23.9. The van der Waals surface area contributed by atoms with E-state index in [2.05, 4.69) is 24.3 Å². The van der Waals surface area contributed by atoms with Crippen molar-refractivity contribution in [3.05, 3.63) is 101 Å². The third kappa shape index (κ3) is 2.84. The number of para-hydroxylation sites is 1. The molecule has 0 aromatic heterocycles. The number of imide groups is 1. The Kier molecular flexibility index (Phi) is 4.76. The van der Waals surface area contributed by atoms with E-state index in [1.807, 2.05) is 24.3 Å². The molecule has 0 unspecified atom stereocenters. The van der Waals surface area contributed by atoms with E-state index in [1.165, 1.54) is 12.0 Å². The minimum absolute atomic E-state index is 0.0394. The Bertz CT molecular complexity index is 1220. The number of carbonyl (C=O) groups excluding carboxylic acids is 3. The van der Waals surface area contributed by atoms with E-state index < -0.39 is 17.8 Å². The molecule has 0 saturated carbocycles. The van der Waals surface area contributed by atoms with Gasteiger partial charge in [-0.3, -0.25) is 14.5 Å². The molecule has 34 heavy (non-hydrogen) atoms. The number of nitrogens with zero attached hydrogens (tertiary/aromatic N) is 1. The Balaban J connectivity index is 1.26. The maximum Gasteiger partial charge on any atom is 0.341 e. The van der Waals surface area contributed by atoms with Gasteiger partial charge < -0.3 is 9.47 Å². The van der Waals surface area contributed by atoms with Crippen molar-refractivity contribution in [2.75, 3.05) is 20.3 Å². The standard InChI is InChI=1S/C28H23NO5/c1-33-21-13-7-6-12-20(21)28(32)34-15-14-29-26(30)24-22-16-8-2-3-9-17(16)23(25(24)27(29)31)19-11-5-4-10-18(19)22/h2-13,22-25H,14-15H2,1H3/t22?,23?,24-,25-/m0/s1. The lowest BCUT2D eigenvalue weighted by atomic mass is 9.55. The summed E-state index contributed by atoms with van der Waals surface area (Å²) in [5.41, 5.74) is 4.86. The summed E-state index contributed by atoms with van der Waals surface area (Å²) in [7, 11) is 1.49. The third-order valence-corrected chi connectivity index (χ3v) is 7.41. The minimum Gasteiger partial charge on any atom is -0.496 e. The number of hydrogen-bond acceptors (Lipinski definition) is 5. The van der Waals surface area contributed by atoms with Gasteiger partial charge in [0.2, 0.25) is 11.8 Å². The fourth-order valence-corrected chi connectivity index (χ4v) is 6.08. The second-order valence-corrected chi connectivity index (χ2v) is 8.93. The molecule has 7 rings (SSSR count). The predicted octanol–water partition coefficient (Wildman–Crippen LogP) is 3.74. The van der Waals surface area contributed by atoms with Crippen LogP contribution in [-0.2, 0) is 14.3 Å². The van der Waals surface area contributed by atoms with Gasteiger partial charge in [-0.05, 0) is 34.4 Å². The van der Waals surface area contributed by atoms with Crippen molar-refractivity contribution < 1.29 is 23.9 Å². The molecule has 0 radical (unpaired) electrons. The first-order chi connectivity index (χ1) is 16.6. The summed E-state index contributed by atoms with van der Waals surface area (Å²) in [6, 6.07) is 23.1. The lowest BCUT2D eigenvalue weighted by Crippen LogP contribution is -2.41. The Labute approximate surface area is 197 Å². The van der Waals surface area contributed by atoms with Crippen LogP contribution in [0.1, 0.15) is 44.4 Å². The van der Waals surface area contributed by atoms with E-state index in [9.17, 15) is 14.4 Å². The number of ether oxygens (including phenoxy) is 2. The molecular weight excluding hydrogens is 430 g/mol. The highest BCUT2D eigenvalue weighted by atomic mass is 16.5. The molecule has 1 saturated heterocycles. The van der Waals surface area contributed by atoms with E-state index in [-0.39, 0.29) is 36.8 Å². The van der Waals surface area contributed by atoms with Crippen LogP contribution < -0.4 is 4.74 Å². The number of hydrogen-bond donors (Lipinski definition) is 0. The van der Waals surface area contributed by atoms with Gasteiger partial charge in [0.1, 0.15) is 17.9 Å². The highest BCUT2D eigenvalue weighted by molar-refractivity contribution is 6.07. The van der Waals surface area contributed by atoms with Crippen molar-refractivity contribution in [3.63, 3.8) is 0 Å². The quantitative estimate of drug-likeness (QED) is 0.435. The molecule has 2 atom stereocenters. The summed E-state index contributed by atoms with van der Waals surface area (Å²) in [5, 5.41) is 0. The number of carbonyl (C=O) groups is 3. The van der Waals surface area contributed by atoms with E-state index in [0.29, 0.717) is 11.3 Å². The molecular formula is C28H23NO5. The number of rotatable bonds is 5. The van der Waals surface area contributed by atoms with E-state index in [4.69, 9.17) is 9.47 Å². The van der Waals surface area contributed by atoms with Gasteiger partial charge in [-0.2, -0.15) is 0 Å². The average Bonchev–Trinajstić information content (AvgIpc) is 3.14. The SMILES string of the molecule is COc1ccccc1C(=O)OCCN1C(=O)[C@H]2C3c4ccccc4C(c4ccccc43)[C@@H]2C1=O. The van der Waals surface area contributed by atoms with Gasteiger partial charge in [-0.1, -0.05) is 60.7 Å². The maximum atomic E-state index is 13.6. The second-order valence-electron chi connectivity index (χ2n) is 8.93. The van der Waals surface area contributed by atoms with Crippen LogP contribution >= 0.6 is 0 Å². The molecule has 0 spiro atoms. The number of methoxy groups -OCH3 is 1. The number of benzene rings is 3. The van der Waals surface area contributed by atoms with Crippen molar-refractivity contribution in [2.24, 2.45) is 11.8 Å². The van der Waals surface area contributed by atoms with Crippen LogP contribution in [-0.4, -0.2) is 42.9 Å². The van der Waals surface area contributed by atoms with E-state index in [1.54, 1.807) is 24.3 Å². The Morgan fingerprint density at radius 1 is 0.765 bits per heavy atom. The molecule has 6 nitrogen and oxygen atoms in total. The Morgan fingerprint density at radius 2 is 1.24 bits per heavy atom. The first-order valence-electron chi connectivity index (χ1n) is 11.4. The lowest BCUT2D eigenvalue weighted by molar-refractivity contribution is -0.140. The lowest BCUT2D eigenvalue weighted by Gasteiger charge is -2.45. The molecule has 6 heteroatoms.